The predicted octanol–water partition coefficient (Wildman–Crippen LogP) is 1.09. The van der Waals surface area contributed by atoms with Crippen molar-refractivity contribution in [2.75, 3.05) is 20.1 Å². The van der Waals surface area contributed by atoms with E-state index in [1.807, 2.05) is 0 Å². The Kier molecular flexibility index (Phi) is 7.16. The molecule has 0 aromatic rings. The number of nitrogens with one attached hydrogen (secondary N) is 3. The Hall–Kier alpha value is -1.93. The van der Waals surface area contributed by atoms with Crippen LogP contribution in [-0.2, 0) is 9.59 Å². The fourth-order valence-corrected chi connectivity index (χ4v) is 3.63. The number of hydrogen-bond acceptors (Lipinski definition) is 3. The minimum atomic E-state index is -2.67. The largest absolute Gasteiger partial charge is 0.354 e. The summed E-state index contributed by atoms with van der Waals surface area (Å²) >= 11 is 0. The van der Waals surface area contributed by atoms with E-state index in [0.29, 0.717) is 25.9 Å². The zero-order chi connectivity index (χ0) is 19.3. The molecule has 1 heterocycles. The fraction of sp³-hybridized carbons (Fsp3) is 0.824. The predicted molar refractivity (Wildman–Crippen MR) is 91.6 cm³/mol. The topological polar surface area (TPSA) is 90.5 Å². The molecule has 1 saturated carbocycles. The van der Waals surface area contributed by atoms with E-state index in [2.05, 4.69) is 16.0 Å². The molecule has 1 saturated heterocycles. The molecule has 3 N–H and O–H groups in total. The lowest BCUT2D eigenvalue weighted by atomic mass is 10.1. The summed E-state index contributed by atoms with van der Waals surface area (Å²) in [4.78, 5) is 37.4. The highest BCUT2D eigenvalue weighted by atomic mass is 19.3. The van der Waals surface area contributed by atoms with Gasteiger partial charge in [-0.3, -0.25) is 9.59 Å². The van der Waals surface area contributed by atoms with Crippen LogP contribution in [0.15, 0.2) is 0 Å². The highest BCUT2D eigenvalue weighted by Gasteiger charge is 2.35. The van der Waals surface area contributed by atoms with Crippen molar-refractivity contribution in [3.63, 3.8) is 0 Å². The zero-order valence-corrected chi connectivity index (χ0v) is 15.3. The van der Waals surface area contributed by atoms with Gasteiger partial charge in [0.2, 0.25) is 18.2 Å². The van der Waals surface area contributed by atoms with Gasteiger partial charge in [-0.1, -0.05) is 0 Å². The van der Waals surface area contributed by atoms with Gasteiger partial charge in [0, 0.05) is 26.2 Å². The van der Waals surface area contributed by atoms with E-state index in [9.17, 15) is 23.2 Å². The third kappa shape index (κ3) is 5.04. The Morgan fingerprint density at radius 3 is 2.58 bits per heavy atom. The second kappa shape index (κ2) is 9.14. The third-order valence-corrected chi connectivity index (χ3v) is 5.27. The first kappa shape index (κ1) is 20.4. The van der Waals surface area contributed by atoms with Crippen LogP contribution in [-0.4, -0.2) is 61.4 Å². The molecule has 7 nitrogen and oxygen atoms in total. The highest BCUT2D eigenvalue weighted by Crippen LogP contribution is 2.26. The summed E-state index contributed by atoms with van der Waals surface area (Å²) < 4.78 is 25.1. The minimum absolute atomic E-state index is 0.126. The summed E-state index contributed by atoms with van der Waals surface area (Å²) in [7, 11) is 1.54. The average molecular weight is 374 g/mol. The normalized spacial score (nSPS) is 26.7. The van der Waals surface area contributed by atoms with Gasteiger partial charge < -0.3 is 20.9 Å². The smallest absolute Gasteiger partial charge is 0.317 e. The number of alkyl halides is 2. The quantitative estimate of drug-likeness (QED) is 0.650. The number of likely N-dealkylation sites (tertiary alicyclic amines) is 1. The molecule has 0 aromatic heterocycles. The van der Waals surface area contributed by atoms with Crippen molar-refractivity contribution in [3.05, 3.63) is 0 Å². The Morgan fingerprint density at radius 2 is 1.92 bits per heavy atom. The number of rotatable bonds is 6. The van der Waals surface area contributed by atoms with E-state index in [1.165, 1.54) is 14.0 Å². The van der Waals surface area contributed by atoms with Crippen LogP contribution in [0.1, 0.15) is 39.0 Å². The summed E-state index contributed by atoms with van der Waals surface area (Å²) in [5.41, 5.74) is 0. The van der Waals surface area contributed by atoms with Crippen LogP contribution in [0, 0.1) is 11.8 Å². The van der Waals surface area contributed by atoms with Crippen molar-refractivity contribution in [1.29, 1.82) is 0 Å². The first-order chi connectivity index (χ1) is 12.3. The van der Waals surface area contributed by atoms with Crippen LogP contribution in [0.25, 0.3) is 0 Å². The molecule has 4 atom stereocenters. The second-order valence-corrected chi connectivity index (χ2v) is 7.16. The maximum Gasteiger partial charge on any atom is 0.317 e. The number of carbonyl (C=O) groups is 3. The lowest BCUT2D eigenvalue weighted by Gasteiger charge is -2.24. The van der Waals surface area contributed by atoms with Crippen molar-refractivity contribution in [3.8, 4) is 0 Å². The van der Waals surface area contributed by atoms with Crippen molar-refractivity contribution >= 4 is 17.8 Å². The number of carbonyl (C=O) groups excluding carboxylic acids is 3. The maximum atomic E-state index is 12.6. The number of amides is 4. The summed E-state index contributed by atoms with van der Waals surface area (Å²) in [6.45, 7) is 2.25. The lowest BCUT2D eigenvalue weighted by Crippen LogP contribution is -2.49. The molecule has 2 aliphatic rings. The van der Waals surface area contributed by atoms with E-state index < -0.39 is 24.3 Å². The Balaban J connectivity index is 1.74. The van der Waals surface area contributed by atoms with Crippen LogP contribution >= 0.6 is 0 Å². The molecule has 4 amide bonds. The van der Waals surface area contributed by atoms with E-state index >= 15 is 0 Å². The van der Waals surface area contributed by atoms with Gasteiger partial charge in [0.1, 0.15) is 6.04 Å². The van der Waals surface area contributed by atoms with E-state index in [4.69, 9.17) is 0 Å². The monoisotopic (exact) mass is 374 g/mol. The van der Waals surface area contributed by atoms with Crippen molar-refractivity contribution in [2.45, 2.75) is 57.5 Å². The van der Waals surface area contributed by atoms with Gasteiger partial charge in [-0.2, -0.15) is 0 Å². The Bertz CT molecular complexity index is 532. The molecule has 0 radical (unpaired) electrons. The molecule has 148 valence electrons. The van der Waals surface area contributed by atoms with Crippen LogP contribution in [0.2, 0.25) is 0 Å². The molecule has 0 aromatic carbocycles. The minimum Gasteiger partial charge on any atom is -0.354 e. The highest BCUT2D eigenvalue weighted by molar-refractivity contribution is 5.87. The molecule has 9 heteroatoms. The molecular weight excluding hydrogens is 346 g/mol. The first-order valence-corrected chi connectivity index (χ1v) is 9.18. The van der Waals surface area contributed by atoms with E-state index in [0.717, 1.165) is 19.3 Å². The Morgan fingerprint density at radius 1 is 1.19 bits per heavy atom. The summed E-state index contributed by atoms with van der Waals surface area (Å²) in [6, 6.07) is -0.822. The van der Waals surface area contributed by atoms with Gasteiger partial charge in [0.25, 0.3) is 0 Å². The standard InChI is InChI=1S/C17H28F2N4O3/c1-10(14(18)19)15(24)22-12-6-5-11(8-12)9-21-16(25)13-4-3-7-23(13)17(26)20-2/h10-14H,3-9H2,1-2H3,(H,20,26)(H,21,25)(H,22,24)/t10?,11-,12+,13-/m0/s1. The molecule has 0 spiro atoms. The van der Waals surface area contributed by atoms with Gasteiger partial charge in [0.05, 0.1) is 5.92 Å². The molecule has 1 aliphatic heterocycles. The SMILES string of the molecule is CNC(=O)N1CCC[C@H]1C(=O)NC[C@H]1CC[C@@H](NC(=O)C(C)C(F)F)C1. The number of nitrogens with zero attached hydrogens (tertiary/aromatic N) is 1. The average Bonchev–Trinajstić information content (AvgIpc) is 3.27. The fourth-order valence-electron chi connectivity index (χ4n) is 3.63. The summed E-state index contributed by atoms with van der Waals surface area (Å²) in [6.07, 6.45) is 0.973. The maximum absolute atomic E-state index is 12.6. The van der Waals surface area contributed by atoms with Gasteiger partial charge in [-0.15, -0.1) is 0 Å². The third-order valence-electron chi connectivity index (χ3n) is 5.27. The summed E-state index contributed by atoms with van der Waals surface area (Å²) in [5.74, 6) is -1.90. The Labute approximate surface area is 152 Å². The number of halogens is 2. The molecule has 1 aliphatic carbocycles. The van der Waals surface area contributed by atoms with Crippen LogP contribution in [0.5, 0.6) is 0 Å². The van der Waals surface area contributed by atoms with E-state index in [1.54, 1.807) is 4.90 Å². The lowest BCUT2D eigenvalue weighted by molar-refractivity contribution is -0.129. The molecular formula is C17H28F2N4O3. The van der Waals surface area contributed by atoms with Gasteiger partial charge in [0.15, 0.2) is 0 Å². The molecule has 26 heavy (non-hydrogen) atoms. The van der Waals surface area contributed by atoms with Crippen LogP contribution in [0.4, 0.5) is 13.6 Å². The molecule has 2 fully saturated rings. The van der Waals surface area contributed by atoms with E-state index in [-0.39, 0.29) is 23.9 Å². The second-order valence-electron chi connectivity index (χ2n) is 7.16. The van der Waals surface area contributed by atoms with Gasteiger partial charge in [-0.05, 0) is 44.9 Å². The number of hydrogen-bond donors (Lipinski definition) is 3. The van der Waals surface area contributed by atoms with Crippen LogP contribution in [0.3, 0.4) is 0 Å². The van der Waals surface area contributed by atoms with Crippen LogP contribution < -0.4 is 16.0 Å². The van der Waals surface area contributed by atoms with Crippen molar-refractivity contribution < 1.29 is 23.2 Å². The summed E-state index contributed by atoms with van der Waals surface area (Å²) in [5, 5.41) is 8.11. The van der Waals surface area contributed by atoms with Gasteiger partial charge in [-0.25, -0.2) is 13.6 Å². The molecule has 0 bridgehead atoms. The molecule has 1 unspecified atom stereocenters. The number of urea groups is 1. The van der Waals surface area contributed by atoms with Crippen molar-refractivity contribution in [1.82, 2.24) is 20.9 Å². The van der Waals surface area contributed by atoms with Crippen molar-refractivity contribution in [2.24, 2.45) is 11.8 Å². The first-order valence-electron chi connectivity index (χ1n) is 9.18. The molecule has 2 rings (SSSR count). The van der Waals surface area contributed by atoms with Gasteiger partial charge >= 0.3 is 6.03 Å². The zero-order valence-electron chi connectivity index (χ0n) is 15.3.